The van der Waals surface area contributed by atoms with Gasteiger partial charge in [-0.05, 0) is 63.9 Å². The van der Waals surface area contributed by atoms with E-state index in [1.165, 1.54) is 21.5 Å². The topological polar surface area (TPSA) is 85.6 Å². The molecule has 28 heavy (non-hydrogen) atoms. The maximum atomic E-state index is 13.3. The molecule has 0 aliphatic carbocycles. The number of rotatable bonds is 7. The number of carbonyl (C=O) groups is 1. The van der Waals surface area contributed by atoms with Gasteiger partial charge in [0.15, 0.2) is 0 Å². The highest BCUT2D eigenvalue weighted by Crippen LogP contribution is 2.33. The number of hydrogen-bond acceptors (Lipinski definition) is 5. The van der Waals surface area contributed by atoms with Crippen LogP contribution in [0.3, 0.4) is 0 Å². The van der Waals surface area contributed by atoms with Crippen molar-refractivity contribution in [1.29, 1.82) is 0 Å². The Bertz CT molecular complexity index is 1140. The number of thiophene rings is 1. The molecule has 1 N–H and O–H groups in total. The summed E-state index contributed by atoms with van der Waals surface area (Å²) in [6, 6.07) is 6.91. The minimum absolute atomic E-state index is 0.0258. The first-order chi connectivity index (χ1) is 13.1. The SMILES string of the molecule is Cc1cc(S(=O)(=O)n2cc(CCC(=O)O)c3cc(OC(C)C)ccc32)c(C)s1. The van der Waals surface area contributed by atoms with Crippen LogP contribution in [0.2, 0.25) is 0 Å². The van der Waals surface area contributed by atoms with Gasteiger partial charge in [0.1, 0.15) is 10.6 Å². The third-order valence-corrected chi connectivity index (χ3v) is 7.23. The summed E-state index contributed by atoms with van der Waals surface area (Å²) in [5.41, 5.74) is 1.18. The molecular weight excluding hydrogens is 398 g/mol. The molecule has 0 amide bonds. The Morgan fingerprint density at radius 1 is 1.25 bits per heavy atom. The van der Waals surface area contributed by atoms with E-state index in [0.717, 1.165) is 9.75 Å². The van der Waals surface area contributed by atoms with Crippen molar-refractivity contribution < 1.29 is 23.1 Å². The molecule has 0 fully saturated rings. The van der Waals surface area contributed by atoms with Crippen LogP contribution in [-0.4, -0.2) is 29.6 Å². The zero-order valence-corrected chi connectivity index (χ0v) is 17.9. The van der Waals surface area contributed by atoms with E-state index in [9.17, 15) is 13.2 Å². The van der Waals surface area contributed by atoms with Gasteiger partial charge in [0.2, 0.25) is 0 Å². The molecule has 1 aromatic carbocycles. The number of aromatic nitrogens is 1. The van der Waals surface area contributed by atoms with Gasteiger partial charge in [0.25, 0.3) is 10.0 Å². The van der Waals surface area contributed by atoms with Crippen molar-refractivity contribution >= 4 is 38.2 Å². The van der Waals surface area contributed by atoms with Crippen LogP contribution >= 0.6 is 11.3 Å². The highest BCUT2D eigenvalue weighted by atomic mass is 32.2. The predicted molar refractivity (Wildman–Crippen MR) is 110 cm³/mol. The normalized spacial score (nSPS) is 12.0. The quantitative estimate of drug-likeness (QED) is 0.613. The van der Waals surface area contributed by atoms with Gasteiger partial charge in [0.05, 0.1) is 11.6 Å². The van der Waals surface area contributed by atoms with Crippen molar-refractivity contribution in [3.05, 3.63) is 45.8 Å². The summed E-state index contributed by atoms with van der Waals surface area (Å²) < 4.78 is 33.6. The Hall–Kier alpha value is -2.32. The second kappa shape index (κ2) is 7.60. The molecular formula is C20H23NO5S2. The number of carboxylic acids is 1. The third kappa shape index (κ3) is 3.93. The zero-order valence-electron chi connectivity index (χ0n) is 16.2. The van der Waals surface area contributed by atoms with Crippen LogP contribution in [0.5, 0.6) is 5.75 Å². The highest BCUT2D eigenvalue weighted by molar-refractivity contribution is 7.90. The summed E-state index contributed by atoms with van der Waals surface area (Å²) >= 11 is 1.44. The Morgan fingerprint density at radius 2 is 1.96 bits per heavy atom. The lowest BCUT2D eigenvalue weighted by Crippen LogP contribution is -2.12. The first-order valence-corrected chi connectivity index (χ1v) is 11.2. The van der Waals surface area contributed by atoms with Crippen LogP contribution in [0, 0.1) is 13.8 Å². The van der Waals surface area contributed by atoms with Gasteiger partial charge in [0, 0.05) is 27.8 Å². The molecule has 0 aliphatic rings. The molecule has 0 bridgehead atoms. The van der Waals surface area contributed by atoms with Crippen LogP contribution in [0.4, 0.5) is 0 Å². The van der Waals surface area contributed by atoms with E-state index in [1.807, 2.05) is 20.8 Å². The fourth-order valence-electron chi connectivity index (χ4n) is 3.20. The van der Waals surface area contributed by atoms with E-state index < -0.39 is 16.0 Å². The number of ether oxygens (including phenoxy) is 1. The number of benzene rings is 1. The first kappa shape index (κ1) is 20.4. The number of fused-ring (bicyclic) bond motifs is 1. The summed E-state index contributed by atoms with van der Waals surface area (Å²) in [5.74, 6) is -0.306. The average Bonchev–Trinajstić information content (AvgIpc) is 3.12. The molecule has 0 saturated heterocycles. The van der Waals surface area contributed by atoms with Crippen molar-refractivity contribution in [2.75, 3.05) is 0 Å². The van der Waals surface area contributed by atoms with Gasteiger partial charge in [-0.25, -0.2) is 12.4 Å². The standard InChI is InChI=1S/C20H23NO5S2/c1-12(2)26-16-6-7-18-17(10-16)15(5-8-20(22)23)11-21(18)28(24,25)19-9-13(3)27-14(19)4/h6-7,9-12H,5,8H2,1-4H3,(H,22,23). The fourth-order valence-corrected chi connectivity index (χ4v) is 6.12. The van der Waals surface area contributed by atoms with Crippen LogP contribution in [0.25, 0.3) is 10.9 Å². The lowest BCUT2D eigenvalue weighted by molar-refractivity contribution is -0.136. The summed E-state index contributed by atoms with van der Waals surface area (Å²) in [6.07, 6.45) is 1.67. The van der Waals surface area contributed by atoms with E-state index in [2.05, 4.69) is 0 Å². The van der Waals surface area contributed by atoms with Crippen molar-refractivity contribution in [3.8, 4) is 5.75 Å². The molecule has 2 heterocycles. The number of aliphatic carboxylic acids is 1. The minimum Gasteiger partial charge on any atom is -0.491 e. The van der Waals surface area contributed by atoms with Crippen molar-refractivity contribution in [3.63, 3.8) is 0 Å². The molecule has 6 nitrogen and oxygen atoms in total. The molecule has 150 valence electrons. The average molecular weight is 422 g/mol. The number of nitrogens with zero attached hydrogens (tertiary/aromatic N) is 1. The largest absolute Gasteiger partial charge is 0.491 e. The predicted octanol–water partition coefficient (Wildman–Crippen LogP) is 4.36. The molecule has 2 aromatic heterocycles. The summed E-state index contributed by atoms with van der Waals surface area (Å²) in [7, 11) is -3.79. The van der Waals surface area contributed by atoms with E-state index in [1.54, 1.807) is 31.2 Å². The van der Waals surface area contributed by atoms with Crippen molar-refractivity contribution in [2.45, 2.75) is 51.5 Å². The molecule has 0 atom stereocenters. The molecule has 3 aromatic rings. The Balaban J connectivity index is 2.19. The second-order valence-corrected chi connectivity index (χ2v) is 10.2. The lowest BCUT2D eigenvalue weighted by atomic mass is 10.1. The van der Waals surface area contributed by atoms with Crippen LogP contribution in [-0.2, 0) is 21.2 Å². The van der Waals surface area contributed by atoms with E-state index in [-0.39, 0.29) is 23.8 Å². The van der Waals surface area contributed by atoms with Gasteiger partial charge < -0.3 is 9.84 Å². The molecule has 8 heteroatoms. The zero-order chi connectivity index (χ0) is 20.6. The van der Waals surface area contributed by atoms with E-state index >= 15 is 0 Å². The minimum atomic E-state index is -3.79. The third-order valence-electron chi connectivity index (χ3n) is 4.34. The van der Waals surface area contributed by atoms with Crippen LogP contribution < -0.4 is 4.74 Å². The van der Waals surface area contributed by atoms with E-state index in [0.29, 0.717) is 22.2 Å². The van der Waals surface area contributed by atoms with Crippen molar-refractivity contribution in [1.82, 2.24) is 3.97 Å². The van der Waals surface area contributed by atoms with Crippen LogP contribution in [0.1, 0.15) is 35.6 Å². The molecule has 0 unspecified atom stereocenters. The number of aryl methyl sites for hydroxylation is 3. The highest BCUT2D eigenvalue weighted by Gasteiger charge is 2.25. The van der Waals surface area contributed by atoms with Crippen LogP contribution in [0.15, 0.2) is 35.4 Å². The number of carboxylic acid groups (broad SMARTS) is 1. The Kier molecular flexibility index (Phi) is 5.54. The fraction of sp³-hybridized carbons (Fsp3) is 0.350. The smallest absolute Gasteiger partial charge is 0.303 e. The van der Waals surface area contributed by atoms with Gasteiger partial charge >= 0.3 is 5.97 Å². The Labute approximate surface area is 168 Å². The second-order valence-electron chi connectivity index (χ2n) is 6.97. The first-order valence-electron chi connectivity index (χ1n) is 8.94. The molecule has 0 radical (unpaired) electrons. The lowest BCUT2D eigenvalue weighted by Gasteiger charge is -2.11. The summed E-state index contributed by atoms with van der Waals surface area (Å²) in [6.45, 7) is 7.48. The van der Waals surface area contributed by atoms with E-state index in [4.69, 9.17) is 9.84 Å². The molecule has 3 rings (SSSR count). The molecule has 0 aliphatic heterocycles. The van der Waals surface area contributed by atoms with Crippen molar-refractivity contribution in [2.24, 2.45) is 0 Å². The van der Waals surface area contributed by atoms with Gasteiger partial charge in [-0.3, -0.25) is 4.79 Å². The number of hydrogen-bond donors (Lipinski definition) is 1. The molecule has 0 saturated carbocycles. The summed E-state index contributed by atoms with van der Waals surface area (Å²) in [5, 5.41) is 9.74. The monoisotopic (exact) mass is 421 g/mol. The summed E-state index contributed by atoms with van der Waals surface area (Å²) in [4.78, 5) is 13.0. The molecule has 0 spiro atoms. The van der Waals surface area contributed by atoms with Gasteiger partial charge in [-0.1, -0.05) is 0 Å². The van der Waals surface area contributed by atoms with Gasteiger partial charge in [-0.15, -0.1) is 11.3 Å². The maximum absolute atomic E-state index is 13.3. The maximum Gasteiger partial charge on any atom is 0.303 e. The Morgan fingerprint density at radius 3 is 2.54 bits per heavy atom. The van der Waals surface area contributed by atoms with Gasteiger partial charge in [-0.2, -0.15) is 0 Å².